The first kappa shape index (κ1) is 19.1. The zero-order chi connectivity index (χ0) is 16.1. The summed E-state index contributed by atoms with van der Waals surface area (Å²) in [5.41, 5.74) is 5.80. The molecule has 134 valence electrons. The van der Waals surface area contributed by atoms with Crippen LogP contribution < -0.4 is 10.5 Å². The number of halogens is 1. The zero-order valence-corrected chi connectivity index (χ0v) is 15.1. The largest absolute Gasteiger partial charge is 0.493 e. The second kappa shape index (κ2) is 8.72. The fourth-order valence-corrected chi connectivity index (χ4v) is 3.74. The monoisotopic (exact) mass is 352 g/mol. The van der Waals surface area contributed by atoms with Gasteiger partial charge in [-0.2, -0.15) is 0 Å². The molecule has 1 aromatic rings. The van der Waals surface area contributed by atoms with Crippen molar-refractivity contribution < 1.29 is 9.53 Å². The number of nitrogens with two attached hydrogens (primary N) is 1. The molecule has 1 saturated carbocycles. The lowest BCUT2D eigenvalue weighted by Crippen LogP contribution is -2.57. The van der Waals surface area contributed by atoms with Gasteiger partial charge in [0.15, 0.2) is 0 Å². The van der Waals surface area contributed by atoms with Crippen molar-refractivity contribution in [2.45, 2.75) is 50.5 Å². The smallest absolute Gasteiger partial charge is 0.242 e. The van der Waals surface area contributed by atoms with Crippen LogP contribution in [0.4, 0.5) is 0 Å². The highest BCUT2D eigenvalue weighted by Crippen LogP contribution is 2.29. The predicted octanol–water partition coefficient (Wildman–Crippen LogP) is 3.39. The number of carbonyl (C=O) groups is 1. The van der Waals surface area contributed by atoms with Gasteiger partial charge in [0.25, 0.3) is 0 Å². The number of benzene rings is 1. The van der Waals surface area contributed by atoms with Gasteiger partial charge in [-0.15, -0.1) is 12.4 Å². The van der Waals surface area contributed by atoms with Crippen LogP contribution in [-0.2, 0) is 4.79 Å². The first-order valence-corrected chi connectivity index (χ1v) is 8.93. The van der Waals surface area contributed by atoms with E-state index >= 15 is 0 Å². The van der Waals surface area contributed by atoms with Crippen molar-refractivity contribution in [2.75, 3.05) is 19.7 Å². The molecule has 4 nitrogen and oxygen atoms in total. The molecule has 0 unspecified atom stereocenters. The molecule has 1 aliphatic heterocycles. The van der Waals surface area contributed by atoms with E-state index < -0.39 is 5.54 Å². The molecule has 2 fully saturated rings. The molecular formula is C19H29ClN2O2. The van der Waals surface area contributed by atoms with E-state index in [0.717, 1.165) is 64.0 Å². The number of nitrogens with zero attached hydrogens (tertiary/aromatic N) is 1. The van der Waals surface area contributed by atoms with Crippen LogP contribution in [0, 0.1) is 5.92 Å². The number of piperidine rings is 1. The summed E-state index contributed by atoms with van der Waals surface area (Å²) >= 11 is 0. The number of carbonyl (C=O) groups excluding carboxylic acids is 1. The number of hydrogen-bond acceptors (Lipinski definition) is 3. The Hall–Kier alpha value is -1.26. The van der Waals surface area contributed by atoms with Crippen molar-refractivity contribution >= 4 is 18.3 Å². The molecule has 0 atom stereocenters. The summed E-state index contributed by atoms with van der Waals surface area (Å²) in [6, 6.07) is 9.94. The van der Waals surface area contributed by atoms with E-state index in [0.29, 0.717) is 5.92 Å². The molecule has 0 radical (unpaired) electrons. The molecule has 2 N–H and O–H groups in total. The second-order valence-electron chi connectivity index (χ2n) is 7.08. The van der Waals surface area contributed by atoms with E-state index in [4.69, 9.17) is 10.5 Å². The van der Waals surface area contributed by atoms with Crippen LogP contribution in [-0.4, -0.2) is 36.0 Å². The number of amides is 1. The Morgan fingerprint density at radius 2 is 1.75 bits per heavy atom. The van der Waals surface area contributed by atoms with Gasteiger partial charge in [0.05, 0.1) is 12.1 Å². The summed E-state index contributed by atoms with van der Waals surface area (Å²) in [5, 5.41) is 0. The third-order valence-electron chi connectivity index (χ3n) is 5.30. The maximum atomic E-state index is 12.7. The summed E-state index contributed by atoms with van der Waals surface area (Å²) in [7, 11) is 0. The Labute approximate surface area is 151 Å². The number of rotatable bonds is 4. The molecule has 5 heteroatoms. The first-order chi connectivity index (χ1) is 11.2. The van der Waals surface area contributed by atoms with E-state index in [1.165, 1.54) is 6.42 Å². The lowest BCUT2D eigenvalue weighted by Gasteiger charge is -2.40. The van der Waals surface area contributed by atoms with Crippen molar-refractivity contribution in [3.63, 3.8) is 0 Å². The van der Waals surface area contributed by atoms with Crippen LogP contribution in [0.15, 0.2) is 30.3 Å². The van der Waals surface area contributed by atoms with Crippen LogP contribution in [0.5, 0.6) is 5.75 Å². The Morgan fingerprint density at radius 1 is 1.12 bits per heavy atom. The highest BCUT2D eigenvalue weighted by molar-refractivity contribution is 5.86. The van der Waals surface area contributed by atoms with E-state index in [-0.39, 0.29) is 18.3 Å². The molecule has 2 aliphatic rings. The molecule has 24 heavy (non-hydrogen) atoms. The Morgan fingerprint density at radius 3 is 2.38 bits per heavy atom. The molecule has 3 rings (SSSR count). The molecule has 1 saturated heterocycles. The van der Waals surface area contributed by atoms with Gasteiger partial charge in [0, 0.05) is 13.1 Å². The van der Waals surface area contributed by atoms with Crippen LogP contribution in [0.1, 0.15) is 44.9 Å². The molecular weight excluding hydrogens is 324 g/mol. The Balaban J connectivity index is 0.00000208. The molecule has 1 aromatic carbocycles. The van der Waals surface area contributed by atoms with Gasteiger partial charge >= 0.3 is 0 Å². The second-order valence-corrected chi connectivity index (χ2v) is 7.08. The quantitative estimate of drug-likeness (QED) is 0.903. The number of likely N-dealkylation sites (tertiary alicyclic amines) is 1. The minimum atomic E-state index is -0.592. The number of para-hydroxylation sites is 1. The lowest BCUT2D eigenvalue weighted by molar-refractivity contribution is -0.139. The summed E-state index contributed by atoms with van der Waals surface area (Å²) < 4.78 is 5.85. The van der Waals surface area contributed by atoms with Crippen LogP contribution in [0.2, 0.25) is 0 Å². The molecule has 1 heterocycles. The van der Waals surface area contributed by atoms with E-state index in [1.54, 1.807) is 0 Å². The third-order valence-corrected chi connectivity index (χ3v) is 5.30. The van der Waals surface area contributed by atoms with Gasteiger partial charge in [-0.05, 0) is 43.7 Å². The third kappa shape index (κ3) is 4.64. The normalized spacial score (nSPS) is 21.0. The SMILES string of the molecule is Cl.NC1(C(=O)N2CCC(COc3ccccc3)CC2)CCCCC1. The van der Waals surface area contributed by atoms with Crippen LogP contribution in [0.25, 0.3) is 0 Å². The summed E-state index contributed by atoms with van der Waals surface area (Å²) in [4.78, 5) is 14.7. The highest BCUT2D eigenvalue weighted by Gasteiger charge is 2.39. The minimum Gasteiger partial charge on any atom is -0.493 e. The van der Waals surface area contributed by atoms with Crippen molar-refractivity contribution in [3.8, 4) is 5.75 Å². The number of ether oxygens (including phenoxy) is 1. The van der Waals surface area contributed by atoms with Gasteiger partial charge in [-0.1, -0.05) is 37.5 Å². The van der Waals surface area contributed by atoms with Crippen molar-refractivity contribution in [1.29, 1.82) is 0 Å². The Bertz CT molecular complexity index is 509. The minimum absolute atomic E-state index is 0. The van der Waals surface area contributed by atoms with Gasteiger partial charge in [0.2, 0.25) is 5.91 Å². The molecule has 0 bridgehead atoms. The highest BCUT2D eigenvalue weighted by atomic mass is 35.5. The fraction of sp³-hybridized carbons (Fsp3) is 0.632. The number of hydrogen-bond donors (Lipinski definition) is 1. The summed E-state index contributed by atoms with van der Waals surface area (Å²) in [6.07, 6.45) is 7.10. The maximum Gasteiger partial charge on any atom is 0.242 e. The summed E-state index contributed by atoms with van der Waals surface area (Å²) in [5.74, 6) is 1.63. The Kier molecular flexibility index (Phi) is 6.93. The first-order valence-electron chi connectivity index (χ1n) is 8.93. The van der Waals surface area contributed by atoms with Gasteiger partial charge < -0.3 is 15.4 Å². The topological polar surface area (TPSA) is 55.6 Å². The van der Waals surface area contributed by atoms with E-state index in [9.17, 15) is 4.79 Å². The lowest BCUT2D eigenvalue weighted by atomic mass is 9.81. The van der Waals surface area contributed by atoms with Gasteiger partial charge in [0.1, 0.15) is 5.75 Å². The standard InChI is InChI=1S/C19H28N2O2.ClH/c20-19(11-5-2-6-12-19)18(22)21-13-9-16(10-14-21)15-23-17-7-3-1-4-8-17;/h1,3-4,7-8,16H,2,5-6,9-15,20H2;1H. The van der Waals surface area contributed by atoms with Gasteiger partial charge in [-0.3, -0.25) is 4.79 Å². The van der Waals surface area contributed by atoms with E-state index in [1.807, 2.05) is 35.2 Å². The van der Waals surface area contributed by atoms with Crippen molar-refractivity contribution in [2.24, 2.45) is 11.7 Å². The summed E-state index contributed by atoms with van der Waals surface area (Å²) in [6.45, 7) is 2.38. The van der Waals surface area contributed by atoms with Crippen molar-refractivity contribution in [3.05, 3.63) is 30.3 Å². The average molecular weight is 353 g/mol. The molecule has 1 aliphatic carbocycles. The van der Waals surface area contributed by atoms with Gasteiger partial charge in [-0.25, -0.2) is 0 Å². The predicted molar refractivity (Wildman–Crippen MR) is 98.5 cm³/mol. The van der Waals surface area contributed by atoms with Crippen LogP contribution >= 0.6 is 12.4 Å². The van der Waals surface area contributed by atoms with Crippen molar-refractivity contribution in [1.82, 2.24) is 4.90 Å². The molecule has 1 amide bonds. The fourth-order valence-electron chi connectivity index (χ4n) is 3.74. The maximum absolute atomic E-state index is 12.7. The van der Waals surface area contributed by atoms with Crippen LogP contribution in [0.3, 0.4) is 0 Å². The zero-order valence-electron chi connectivity index (χ0n) is 14.3. The average Bonchev–Trinajstić information content (AvgIpc) is 2.61. The molecule has 0 spiro atoms. The van der Waals surface area contributed by atoms with E-state index in [2.05, 4.69) is 0 Å². The molecule has 0 aromatic heterocycles.